The van der Waals surface area contributed by atoms with Crippen LogP contribution in [-0.4, -0.2) is 21.5 Å². The molecule has 0 unspecified atom stereocenters. The molecule has 1 N–H and O–H groups in total. The maximum absolute atomic E-state index is 12.0. The predicted octanol–water partition coefficient (Wildman–Crippen LogP) is 2.88. The zero-order chi connectivity index (χ0) is 14.5. The molecule has 2 rings (SSSR count). The first-order chi connectivity index (χ1) is 9.58. The molecule has 0 atom stereocenters. The third kappa shape index (κ3) is 3.77. The van der Waals surface area contributed by atoms with E-state index < -0.39 is 0 Å². The first kappa shape index (κ1) is 14.5. The van der Waals surface area contributed by atoms with E-state index in [0.29, 0.717) is 17.7 Å². The van der Waals surface area contributed by atoms with Crippen LogP contribution in [0, 0.1) is 0 Å². The van der Waals surface area contributed by atoms with Crippen LogP contribution in [0.2, 0.25) is 0 Å². The minimum Gasteiger partial charge on any atom is -0.326 e. The molecule has 0 aliphatic rings. The van der Waals surface area contributed by atoms with E-state index >= 15 is 0 Å². The van der Waals surface area contributed by atoms with Gasteiger partial charge in [-0.15, -0.1) is 0 Å². The molecule has 1 heterocycles. The summed E-state index contributed by atoms with van der Waals surface area (Å²) in [4.78, 5) is 23.3. The Hall–Kier alpha value is -1.95. The third-order valence-electron chi connectivity index (χ3n) is 2.72. The molecule has 104 valence electrons. The molecular formula is C14H14BrN3O2. The lowest BCUT2D eigenvalue weighted by atomic mass is 10.1. The zero-order valence-corrected chi connectivity index (χ0v) is 12.6. The molecule has 20 heavy (non-hydrogen) atoms. The number of halogens is 1. The Labute approximate surface area is 125 Å². The quantitative estimate of drug-likeness (QED) is 0.854. The van der Waals surface area contributed by atoms with Crippen molar-refractivity contribution in [2.75, 3.05) is 5.32 Å². The average Bonchev–Trinajstić information content (AvgIpc) is 2.84. The van der Waals surface area contributed by atoms with E-state index in [1.54, 1.807) is 48.3 Å². The summed E-state index contributed by atoms with van der Waals surface area (Å²) in [7, 11) is 0. The fourth-order valence-electron chi connectivity index (χ4n) is 1.65. The number of nitrogens with zero attached hydrogens (tertiary/aromatic N) is 2. The Morgan fingerprint density at radius 2 is 2.00 bits per heavy atom. The first-order valence-corrected chi connectivity index (χ1v) is 6.99. The summed E-state index contributed by atoms with van der Waals surface area (Å²) >= 11 is 3.28. The fraction of sp³-hybridized carbons (Fsp3) is 0.214. The lowest BCUT2D eigenvalue weighted by Crippen LogP contribution is -2.12. The molecule has 0 saturated carbocycles. The lowest BCUT2D eigenvalue weighted by Gasteiger charge is -2.05. The van der Waals surface area contributed by atoms with Crippen LogP contribution in [0.15, 0.2) is 41.1 Å². The number of benzene rings is 1. The SMILES string of the molecule is CCC(=O)Nc1ccc(C(=O)Cn2cc(Br)cn2)cc1. The van der Waals surface area contributed by atoms with Gasteiger partial charge in [0.1, 0.15) is 6.54 Å². The van der Waals surface area contributed by atoms with Crippen LogP contribution < -0.4 is 5.32 Å². The van der Waals surface area contributed by atoms with Crippen LogP contribution in [0.5, 0.6) is 0 Å². The van der Waals surface area contributed by atoms with E-state index in [0.717, 1.165) is 4.47 Å². The van der Waals surface area contributed by atoms with Crippen molar-refractivity contribution in [3.05, 3.63) is 46.7 Å². The van der Waals surface area contributed by atoms with Gasteiger partial charge in [-0.2, -0.15) is 5.10 Å². The van der Waals surface area contributed by atoms with Gasteiger partial charge in [0.05, 0.1) is 10.7 Å². The van der Waals surface area contributed by atoms with Crippen molar-refractivity contribution in [2.45, 2.75) is 19.9 Å². The molecule has 0 saturated heterocycles. The standard InChI is InChI=1S/C14H14BrN3O2/c1-2-14(20)17-12-5-3-10(4-6-12)13(19)9-18-8-11(15)7-16-18/h3-8H,2,9H2,1H3,(H,17,20). The number of hydrogen-bond acceptors (Lipinski definition) is 3. The number of carbonyl (C=O) groups excluding carboxylic acids is 2. The number of aromatic nitrogens is 2. The van der Waals surface area contributed by atoms with Crippen molar-refractivity contribution in [1.82, 2.24) is 9.78 Å². The van der Waals surface area contributed by atoms with Crippen LogP contribution in [0.25, 0.3) is 0 Å². The van der Waals surface area contributed by atoms with Gasteiger partial charge in [0.15, 0.2) is 5.78 Å². The van der Waals surface area contributed by atoms with E-state index in [4.69, 9.17) is 0 Å². The van der Waals surface area contributed by atoms with Crippen molar-refractivity contribution in [1.29, 1.82) is 0 Å². The van der Waals surface area contributed by atoms with E-state index in [9.17, 15) is 9.59 Å². The van der Waals surface area contributed by atoms with Gasteiger partial charge in [0.2, 0.25) is 5.91 Å². The molecule has 6 heteroatoms. The highest BCUT2D eigenvalue weighted by molar-refractivity contribution is 9.10. The average molecular weight is 336 g/mol. The summed E-state index contributed by atoms with van der Waals surface area (Å²) < 4.78 is 2.40. The normalized spacial score (nSPS) is 10.3. The lowest BCUT2D eigenvalue weighted by molar-refractivity contribution is -0.115. The van der Waals surface area contributed by atoms with E-state index in [2.05, 4.69) is 26.3 Å². The summed E-state index contributed by atoms with van der Waals surface area (Å²) in [6.07, 6.45) is 3.80. The summed E-state index contributed by atoms with van der Waals surface area (Å²) in [5.41, 5.74) is 1.28. The number of anilines is 1. The molecular weight excluding hydrogens is 322 g/mol. The van der Waals surface area contributed by atoms with Crippen LogP contribution in [0.4, 0.5) is 5.69 Å². The largest absolute Gasteiger partial charge is 0.326 e. The van der Waals surface area contributed by atoms with Gasteiger partial charge in [-0.25, -0.2) is 0 Å². The second-order valence-electron chi connectivity index (χ2n) is 4.26. The number of nitrogens with one attached hydrogen (secondary N) is 1. The molecule has 0 aliphatic carbocycles. The summed E-state index contributed by atoms with van der Waals surface area (Å²) in [6.45, 7) is 1.97. The predicted molar refractivity (Wildman–Crippen MR) is 79.6 cm³/mol. The second-order valence-corrected chi connectivity index (χ2v) is 5.17. The molecule has 0 aliphatic heterocycles. The molecule has 0 radical (unpaired) electrons. The Balaban J connectivity index is 2.02. The van der Waals surface area contributed by atoms with E-state index in [1.807, 2.05) is 0 Å². The van der Waals surface area contributed by atoms with Gasteiger partial charge in [-0.05, 0) is 40.2 Å². The maximum atomic E-state index is 12.0. The smallest absolute Gasteiger partial charge is 0.224 e. The summed E-state index contributed by atoms with van der Waals surface area (Å²) in [6, 6.07) is 6.85. The highest BCUT2D eigenvalue weighted by atomic mass is 79.9. The minimum absolute atomic E-state index is 0.0334. The number of amides is 1. The number of Topliss-reactive ketones (excluding diaryl/α,β-unsaturated/α-hetero) is 1. The van der Waals surface area contributed by atoms with Crippen LogP contribution >= 0.6 is 15.9 Å². The van der Waals surface area contributed by atoms with Crippen molar-refractivity contribution in [3.63, 3.8) is 0 Å². The van der Waals surface area contributed by atoms with Crippen LogP contribution in [0.1, 0.15) is 23.7 Å². The number of ketones is 1. The third-order valence-corrected chi connectivity index (χ3v) is 3.13. The first-order valence-electron chi connectivity index (χ1n) is 6.19. The molecule has 0 fully saturated rings. The Bertz CT molecular complexity index is 620. The Morgan fingerprint density at radius 1 is 1.30 bits per heavy atom. The fourth-order valence-corrected chi connectivity index (χ4v) is 1.98. The Kier molecular flexibility index (Phi) is 4.68. The van der Waals surface area contributed by atoms with Gasteiger partial charge in [0.25, 0.3) is 0 Å². The van der Waals surface area contributed by atoms with Gasteiger partial charge in [0, 0.05) is 23.9 Å². The number of hydrogen-bond donors (Lipinski definition) is 1. The van der Waals surface area contributed by atoms with Gasteiger partial charge >= 0.3 is 0 Å². The monoisotopic (exact) mass is 335 g/mol. The van der Waals surface area contributed by atoms with E-state index in [-0.39, 0.29) is 18.2 Å². The molecule has 1 amide bonds. The van der Waals surface area contributed by atoms with Gasteiger partial charge in [-0.1, -0.05) is 6.92 Å². The molecule has 1 aromatic carbocycles. The molecule has 0 bridgehead atoms. The summed E-state index contributed by atoms with van der Waals surface area (Å²) in [5.74, 6) is -0.0839. The molecule has 5 nitrogen and oxygen atoms in total. The van der Waals surface area contributed by atoms with Gasteiger partial charge < -0.3 is 5.32 Å². The van der Waals surface area contributed by atoms with Crippen molar-refractivity contribution in [3.8, 4) is 0 Å². The molecule has 2 aromatic rings. The summed E-state index contributed by atoms with van der Waals surface area (Å²) in [5, 5.41) is 6.78. The van der Waals surface area contributed by atoms with Crippen LogP contribution in [-0.2, 0) is 11.3 Å². The maximum Gasteiger partial charge on any atom is 0.224 e. The van der Waals surface area contributed by atoms with Crippen molar-refractivity contribution in [2.24, 2.45) is 0 Å². The molecule has 1 aromatic heterocycles. The van der Waals surface area contributed by atoms with Crippen molar-refractivity contribution < 1.29 is 9.59 Å². The minimum atomic E-state index is -0.0505. The highest BCUT2D eigenvalue weighted by Crippen LogP contribution is 2.12. The van der Waals surface area contributed by atoms with E-state index in [1.165, 1.54) is 0 Å². The molecule has 0 spiro atoms. The van der Waals surface area contributed by atoms with Crippen molar-refractivity contribution >= 4 is 33.3 Å². The van der Waals surface area contributed by atoms with Gasteiger partial charge in [-0.3, -0.25) is 14.3 Å². The topological polar surface area (TPSA) is 64.0 Å². The number of rotatable bonds is 5. The second kappa shape index (κ2) is 6.47. The number of carbonyl (C=O) groups is 2. The highest BCUT2D eigenvalue weighted by Gasteiger charge is 2.08. The Morgan fingerprint density at radius 3 is 2.55 bits per heavy atom. The van der Waals surface area contributed by atoms with Crippen LogP contribution in [0.3, 0.4) is 0 Å². The zero-order valence-electron chi connectivity index (χ0n) is 11.0.